The number of rotatable bonds is 7. The van der Waals surface area contributed by atoms with E-state index >= 15 is 0 Å². The molecule has 1 N–H and O–H groups in total. The van der Waals surface area contributed by atoms with E-state index in [-0.39, 0.29) is 5.91 Å². The van der Waals surface area contributed by atoms with Crippen molar-refractivity contribution in [2.45, 2.75) is 45.7 Å². The van der Waals surface area contributed by atoms with Crippen LogP contribution in [0.25, 0.3) is 0 Å². The lowest BCUT2D eigenvalue weighted by molar-refractivity contribution is -0.124. The Balaban J connectivity index is 1.72. The van der Waals surface area contributed by atoms with Crippen molar-refractivity contribution in [3.63, 3.8) is 0 Å². The molecule has 1 aromatic carbocycles. The van der Waals surface area contributed by atoms with E-state index in [0.29, 0.717) is 18.9 Å². The molecular weight excluding hydrogens is 348 g/mol. The van der Waals surface area contributed by atoms with Crippen LogP contribution in [0.2, 0.25) is 0 Å². The standard InChI is InChI=1S/C18H22N6OS/c1-12(2)18-21-13(3)16(26-18)10-19-17(25)15(24-11-20-22-23-24)9-14-7-5-4-6-8-14/h4-8,11-12,15H,9-10H2,1-3H3,(H,19,25)/t15-/m1/s1. The summed E-state index contributed by atoms with van der Waals surface area (Å²) < 4.78 is 1.50. The van der Waals surface area contributed by atoms with Crippen molar-refractivity contribution in [3.8, 4) is 0 Å². The van der Waals surface area contributed by atoms with Crippen molar-refractivity contribution in [2.75, 3.05) is 0 Å². The number of carbonyl (C=O) groups is 1. The van der Waals surface area contributed by atoms with E-state index in [1.807, 2.05) is 37.3 Å². The van der Waals surface area contributed by atoms with Crippen LogP contribution in [-0.2, 0) is 17.8 Å². The Morgan fingerprint density at radius 2 is 2.04 bits per heavy atom. The van der Waals surface area contributed by atoms with Crippen molar-refractivity contribution in [2.24, 2.45) is 0 Å². The second-order valence-corrected chi connectivity index (χ2v) is 7.54. The molecule has 0 radical (unpaired) electrons. The molecular formula is C18H22N6OS. The Bertz CT molecular complexity index is 844. The lowest BCUT2D eigenvalue weighted by atomic mass is 10.1. The summed E-state index contributed by atoms with van der Waals surface area (Å²) in [7, 11) is 0. The average molecular weight is 370 g/mol. The van der Waals surface area contributed by atoms with Gasteiger partial charge in [-0.15, -0.1) is 16.4 Å². The summed E-state index contributed by atoms with van der Waals surface area (Å²) in [6.45, 7) is 6.68. The molecule has 0 saturated heterocycles. The number of benzene rings is 1. The SMILES string of the molecule is Cc1nc(C(C)C)sc1CNC(=O)[C@@H](Cc1ccccc1)n1cnnn1. The molecule has 7 nitrogen and oxygen atoms in total. The maximum Gasteiger partial charge on any atom is 0.245 e. The number of hydrogen-bond acceptors (Lipinski definition) is 6. The minimum atomic E-state index is -0.495. The molecule has 8 heteroatoms. The van der Waals surface area contributed by atoms with Gasteiger partial charge in [-0.25, -0.2) is 9.67 Å². The summed E-state index contributed by atoms with van der Waals surface area (Å²) in [5.74, 6) is 0.273. The van der Waals surface area contributed by atoms with Gasteiger partial charge in [0.2, 0.25) is 5.91 Å². The molecule has 26 heavy (non-hydrogen) atoms. The van der Waals surface area contributed by atoms with Gasteiger partial charge in [-0.1, -0.05) is 44.2 Å². The topological polar surface area (TPSA) is 85.6 Å². The maximum atomic E-state index is 12.8. The van der Waals surface area contributed by atoms with Crippen LogP contribution < -0.4 is 5.32 Å². The third-order valence-corrected chi connectivity index (χ3v) is 5.54. The zero-order valence-corrected chi connectivity index (χ0v) is 15.9. The molecule has 0 saturated carbocycles. The van der Waals surface area contributed by atoms with Crippen molar-refractivity contribution < 1.29 is 4.79 Å². The number of amides is 1. The van der Waals surface area contributed by atoms with Crippen LogP contribution in [0, 0.1) is 6.92 Å². The van der Waals surface area contributed by atoms with Gasteiger partial charge in [-0.2, -0.15) is 0 Å². The molecule has 3 rings (SSSR count). The fourth-order valence-electron chi connectivity index (χ4n) is 2.60. The molecule has 2 heterocycles. The number of aryl methyl sites for hydroxylation is 1. The first-order chi connectivity index (χ1) is 12.5. The minimum Gasteiger partial charge on any atom is -0.349 e. The monoisotopic (exact) mass is 370 g/mol. The highest BCUT2D eigenvalue weighted by Crippen LogP contribution is 2.24. The van der Waals surface area contributed by atoms with E-state index in [4.69, 9.17) is 0 Å². The predicted molar refractivity (Wildman–Crippen MR) is 99.8 cm³/mol. The highest BCUT2D eigenvalue weighted by Gasteiger charge is 2.22. The Morgan fingerprint density at radius 1 is 1.27 bits per heavy atom. The number of aromatic nitrogens is 5. The molecule has 136 valence electrons. The van der Waals surface area contributed by atoms with Crippen LogP contribution in [0.3, 0.4) is 0 Å². The number of tetrazole rings is 1. The third kappa shape index (κ3) is 4.32. The summed E-state index contributed by atoms with van der Waals surface area (Å²) in [5.41, 5.74) is 2.03. The first kappa shape index (κ1) is 18.2. The highest BCUT2D eigenvalue weighted by molar-refractivity contribution is 7.11. The Hall–Kier alpha value is -2.61. The molecule has 0 aliphatic carbocycles. The molecule has 0 bridgehead atoms. The summed E-state index contributed by atoms with van der Waals surface area (Å²) >= 11 is 1.65. The van der Waals surface area contributed by atoms with E-state index in [9.17, 15) is 4.79 Å². The zero-order chi connectivity index (χ0) is 18.5. The normalized spacial score (nSPS) is 12.3. The predicted octanol–water partition coefficient (Wildman–Crippen LogP) is 2.66. The highest BCUT2D eigenvalue weighted by atomic mass is 32.1. The van der Waals surface area contributed by atoms with Crippen molar-refractivity contribution in [1.29, 1.82) is 0 Å². The smallest absolute Gasteiger partial charge is 0.245 e. The first-order valence-corrected chi connectivity index (χ1v) is 9.36. The average Bonchev–Trinajstić information content (AvgIpc) is 3.28. The van der Waals surface area contributed by atoms with Gasteiger partial charge in [0.1, 0.15) is 12.4 Å². The molecule has 0 aliphatic rings. The molecule has 1 atom stereocenters. The van der Waals surface area contributed by atoms with Crippen molar-refractivity contribution in [1.82, 2.24) is 30.5 Å². The molecule has 0 spiro atoms. The van der Waals surface area contributed by atoms with Gasteiger partial charge >= 0.3 is 0 Å². The summed E-state index contributed by atoms with van der Waals surface area (Å²) in [4.78, 5) is 18.5. The molecule has 0 fully saturated rings. The van der Waals surface area contributed by atoms with E-state index in [0.717, 1.165) is 21.1 Å². The first-order valence-electron chi connectivity index (χ1n) is 8.55. The lowest BCUT2D eigenvalue weighted by Gasteiger charge is -2.16. The molecule has 1 amide bonds. The molecule has 0 aliphatic heterocycles. The second-order valence-electron chi connectivity index (χ2n) is 6.43. The maximum absolute atomic E-state index is 12.8. The van der Waals surface area contributed by atoms with Crippen molar-refractivity contribution in [3.05, 3.63) is 57.8 Å². The lowest BCUT2D eigenvalue weighted by Crippen LogP contribution is -2.34. The fourth-order valence-corrected chi connectivity index (χ4v) is 3.61. The van der Waals surface area contributed by atoms with Gasteiger partial charge < -0.3 is 5.32 Å². The molecule has 0 unspecified atom stereocenters. The van der Waals surface area contributed by atoms with Crippen molar-refractivity contribution >= 4 is 17.2 Å². The van der Waals surface area contributed by atoms with Gasteiger partial charge in [0, 0.05) is 17.2 Å². The Labute approximate surface area is 156 Å². The largest absolute Gasteiger partial charge is 0.349 e. The third-order valence-electron chi connectivity index (χ3n) is 4.09. The zero-order valence-electron chi connectivity index (χ0n) is 15.1. The Morgan fingerprint density at radius 3 is 2.65 bits per heavy atom. The van der Waals surface area contributed by atoms with Gasteiger partial charge in [0.05, 0.1) is 17.2 Å². The number of thiazole rings is 1. The Kier molecular flexibility index (Phi) is 5.72. The van der Waals surface area contributed by atoms with Gasteiger partial charge in [0.15, 0.2) is 0 Å². The van der Waals surface area contributed by atoms with Crippen LogP contribution >= 0.6 is 11.3 Å². The van der Waals surface area contributed by atoms with Crippen LogP contribution in [0.1, 0.15) is 46.9 Å². The van der Waals surface area contributed by atoms with Crippen LogP contribution in [0.15, 0.2) is 36.7 Å². The fraction of sp³-hybridized carbons (Fsp3) is 0.389. The number of nitrogens with one attached hydrogen (secondary N) is 1. The van der Waals surface area contributed by atoms with E-state index < -0.39 is 6.04 Å². The van der Waals surface area contributed by atoms with Crippen LogP contribution in [-0.4, -0.2) is 31.1 Å². The summed E-state index contributed by atoms with van der Waals surface area (Å²) in [6.07, 6.45) is 2.00. The van der Waals surface area contributed by atoms with Gasteiger partial charge in [-0.3, -0.25) is 4.79 Å². The molecule has 3 aromatic rings. The quantitative estimate of drug-likeness (QED) is 0.691. The van der Waals surface area contributed by atoms with Crippen LogP contribution in [0.4, 0.5) is 0 Å². The number of nitrogens with zero attached hydrogens (tertiary/aromatic N) is 5. The van der Waals surface area contributed by atoms with E-state index in [2.05, 4.69) is 39.7 Å². The van der Waals surface area contributed by atoms with Crippen LogP contribution in [0.5, 0.6) is 0 Å². The van der Waals surface area contributed by atoms with E-state index in [1.54, 1.807) is 11.3 Å². The molecule has 2 aromatic heterocycles. The van der Waals surface area contributed by atoms with Gasteiger partial charge in [0.25, 0.3) is 0 Å². The summed E-state index contributed by atoms with van der Waals surface area (Å²) in [5, 5.41) is 15.4. The number of hydrogen-bond donors (Lipinski definition) is 1. The second kappa shape index (κ2) is 8.18. The number of carbonyl (C=O) groups excluding carboxylic acids is 1. The minimum absolute atomic E-state index is 0.111. The van der Waals surface area contributed by atoms with E-state index in [1.165, 1.54) is 11.0 Å². The summed E-state index contributed by atoms with van der Waals surface area (Å²) in [6, 6.07) is 9.36. The van der Waals surface area contributed by atoms with Gasteiger partial charge in [-0.05, 0) is 22.9 Å².